The topological polar surface area (TPSA) is 66.0 Å². The number of benzene rings is 2. The Kier molecular flexibility index (Phi) is 8.90. The highest BCUT2D eigenvalue weighted by Gasteiger charge is 2.27. The van der Waals surface area contributed by atoms with Crippen molar-refractivity contribution in [3.05, 3.63) is 86.6 Å². The summed E-state index contributed by atoms with van der Waals surface area (Å²) < 4.78 is 18.4. The van der Waals surface area contributed by atoms with E-state index in [0.717, 1.165) is 16.1 Å². The Morgan fingerprint density at radius 3 is 2.17 bits per heavy atom. The van der Waals surface area contributed by atoms with Crippen LogP contribution in [0.5, 0.6) is 0 Å². The fourth-order valence-corrected chi connectivity index (χ4v) is 4.94. The third-order valence-electron chi connectivity index (χ3n) is 5.86. The van der Waals surface area contributed by atoms with E-state index in [9.17, 15) is 14.0 Å². The van der Waals surface area contributed by atoms with Crippen LogP contribution in [-0.2, 0) is 24.4 Å². The molecule has 2 heterocycles. The minimum atomic E-state index is -0.345. The summed E-state index contributed by atoms with van der Waals surface area (Å²) in [5.74, 6) is -0.405. The molecule has 1 aliphatic rings. The Morgan fingerprint density at radius 2 is 1.56 bits per heavy atom. The van der Waals surface area contributed by atoms with Crippen LogP contribution in [0.25, 0.3) is 0 Å². The second-order valence-electron chi connectivity index (χ2n) is 8.50. The summed E-state index contributed by atoms with van der Waals surface area (Å²) in [4.78, 5) is 35.1. The Hall–Kier alpha value is -3.01. The molecule has 7 nitrogen and oxygen atoms in total. The maximum absolute atomic E-state index is 13.4. The van der Waals surface area contributed by atoms with E-state index in [2.05, 4.69) is 9.88 Å². The quantitative estimate of drug-likeness (QED) is 0.407. The van der Waals surface area contributed by atoms with Crippen molar-refractivity contribution in [2.45, 2.75) is 26.6 Å². The van der Waals surface area contributed by atoms with Crippen LogP contribution in [0.4, 0.5) is 9.18 Å². The highest BCUT2D eigenvalue weighted by atomic mass is 35.5. The van der Waals surface area contributed by atoms with Crippen molar-refractivity contribution in [2.75, 3.05) is 32.8 Å². The maximum Gasteiger partial charge on any atom is 0.409 e. The number of rotatable bonds is 8. The molecule has 0 aliphatic carbocycles. The molecule has 1 fully saturated rings. The van der Waals surface area contributed by atoms with Gasteiger partial charge in [0.2, 0.25) is 0 Å². The minimum absolute atomic E-state index is 0.135. The summed E-state index contributed by atoms with van der Waals surface area (Å²) in [5.41, 5.74) is 2.49. The molecule has 0 bridgehead atoms. The first kappa shape index (κ1) is 26.1. The number of thiazole rings is 1. The number of hydrogen-bond donors (Lipinski definition) is 0. The molecule has 3 aromatic rings. The molecule has 2 amide bonds. The molecule has 1 aromatic heterocycles. The van der Waals surface area contributed by atoms with E-state index in [4.69, 9.17) is 16.3 Å². The molecule has 0 radical (unpaired) electrons. The smallest absolute Gasteiger partial charge is 0.409 e. The molecule has 1 saturated heterocycles. The van der Waals surface area contributed by atoms with Gasteiger partial charge in [0.15, 0.2) is 0 Å². The van der Waals surface area contributed by atoms with Crippen molar-refractivity contribution in [3.63, 3.8) is 0 Å². The standard InChI is InChI=1S/C26H28ClFN4O3S/c1-2-35-26(34)32-13-11-31(12-14-32)25(33)23-18-36-24(29-23)17-30(15-19-3-7-21(27)8-4-19)16-20-5-9-22(28)10-6-20/h3-10,18H,2,11-17H2,1H3. The van der Waals surface area contributed by atoms with Gasteiger partial charge in [0.25, 0.3) is 5.91 Å². The summed E-state index contributed by atoms with van der Waals surface area (Å²) in [6, 6.07) is 14.1. The van der Waals surface area contributed by atoms with Crippen molar-refractivity contribution < 1.29 is 18.7 Å². The van der Waals surface area contributed by atoms with Gasteiger partial charge in [0.1, 0.15) is 16.5 Å². The molecular weight excluding hydrogens is 503 g/mol. The largest absolute Gasteiger partial charge is 0.450 e. The lowest BCUT2D eigenvalue weighted by atomic mass is 10.1. The Morgan fingerprint density at radius 1 is 0.972 bits per heavy atom. The zero-order valence-corrected chi connectivity index (χ0v) is 21.6. The first-order valence-corrected chi connectivity index (χ1v) is 13.0. The summed E-state index contributed by atoms with van der Waals surface area (Å²) in [6.45, 7) is 5.64. The highest BCUT2D eigenvalue weighted by Crippen LogP contribution is 2.20. The molecule has 0 saturated carbocycles. The van der Waals surface area contributed by atoms with Gasteiger partial charge in [-0.25, -0.2) is 14.2 Å². The van der Waals surface area contributed by atoms with Gasteiger partial charge in [0, 0.05) is 49.7 Å². The first-order valence-electron chi connectivity index (χ1n) is 11.8. The van der Waals surface area contributed by atoms with Gasteiger partial charge in [0.05, 0.1) is 13.2 Å². The molecule has 4 rings (SSSR count). The number of ether oxygens (including phenoxy) is 1. The molecule has 1 aliphatic heterocycles. The summed E-state index contributed by atoms with van der Waals surface area (Å²) >= 11 is 7.48. The number of amides is 2. The number of aromatic nitrogens is 1. The predicted octanol–water partition coefficient (Wildman–Crippen LogP) is 5.05. The third-order valence-corrected chi connectivity index (χ3v) is 6.95. The van der Waals surface area contributed by atoms with Crippen LogP contribution in [0.2, 0.25) is 5.02 Å². The summed E-state index contributed by atoms with van der Waals surface area (Å²) in [6.07, 6.45) is -0.345. The van der Waals surface area contributed by atoms with E-state index < -0.39 is 0 Å². The van der Waals surface area contributed by atoms with Crippen LogP contribution in [0, 0.1) is 5.82 Å². The molecule has 0 spiro atoms. The van der Waals surface area contributed by atoms with Gasteiger partial charge in [-0.15, -0.1) is 11.3 Å². The number of nitrogens with zero attached hydrogens (tertiary/aromatic N) is 4. The number of hydrogen-bond acceptors (Lipinski definition) is 6. The average molecular weight is 531 g/mol. The van der Waals surface area contributed by atoms with Gasteiger partial charge in [-0.2, -0.15) is 0 Å². The number of carbonyl (C=O) groups excluding carboxylic acids is 2. The van der Waals surface area contributed by atoms with Crippen LogP contribution in [0.1, 0.15) is 33.5 Å². The highest BCUT2D eigenvalue weighted by molar-refractivity contribution is 7.09. The van der Waals surface area contributed by atoms with Gasteiger partial charge < -0.3 is 14.5 Å². The van der Waals surface area contributed by atoms with Gasteiger partial charge in [-0.05, 0) is 42.3 Å². The fourth-order valence-electron chi connectivity index (χ4n) is 4.01. The van der Waals surface area contributed by atoms with Crippen molar-refractivity contribution in [2.24, 2.45) is 0 Å². The third kappa shape index (κ3) is 7.02. The maximum atomic E-state index is 13.4. The zero-order chi connectivity index (χ0) is 25.5. The van der Waals surface area contributed by atoms with Crippen molar-refractivity contribution in [1.82, 2.24) is 19.7 Å². The molecule has 190 valence electrons. The summed E-state index contributed by atoms with van der Waals surface area (Å²) in [5, 5.41) is 3.28. The SMILES string of the molecule is CCOC(=O)N1CCN(C(=O)c2csc(CN(Cc3ccc(F)cc3)Cc3ccc(Cl)cc3)n2)CC1. The van der Waals surface area contributed by atoms with E-state index >= 15 is 0 Å². The van der Waals surface area contributed by atoms with Gasteiger partial charge in [-0.3, -0.25) is 9.69 Å². The zero-order valence-electron chi connectivity index (χ0n) is 20.0. The Labute approximate surface area is 219 Å². The van der Waals surface area contributed by atoms with Crippen molar-refractivity contribution >= 4 is 34.9 Å². The van der Waals surface area contributed by atoms with Gasteiger partial charge in [-0.1, -0.05) is 35.9 Å². The lowest BCUT2D eigenvalue weighted by Gasteiger charge is -2.33. The van der Waals surface area contributed by atoms with Crippen LogP contribution in [0.15, 0.2) is 53.9 Å². The average Bonchev–Trinajstić information content (AvgIpc) is 3.35. The van der Waals surface area contributed by atoms with E-state index in [1.54, 1.807) is 34.2 Å². The van der Waals surface area contributed by atoms with Crippen molar-refractivity contribution in [3.8, 4) is 0 Å². The molecule has 0 atom stereocenters. The molecule has 10 heteroatoms. The number of piperazine rings is 1. The number of carbonyl (C=O) groups is 2. The van der Waals surface area contributed by atoms with Crippen molar-refractivity contribution in [1.29, 1.82) is 0 Å². The van der Waals surface area contributed by atoms with Crippen LogP contribution in [0.3, 0.4) is 0 Å². The lowest BCUT2D eigenvalue weighted by Crippen LogP contribution is -2.50. The van der Waals surface area contributed by atoms with E-state index in [-0.39, 0.29) is 17.8 Å². The van der Waals surface area contributed by atoms with E-state index in [1.165, 1.54) is 23.5 Å². The second-order valence-corrected chi connectivity index (χ2v) is 9.88. The van der Waals surface area contributed by atoms with Gasteiger partial charge >= 0.3 is 6.09 Å². The molecule has 36 heavy (non-hydrogen) atoms. The molecule has 0 unspecified atom stereocenters. The first-order chi connectivity index (χ1) is 17.4. The van der Waals surface area contributed by atoms with Crippen LogP contribution >= 0.6 is 22.9 Å². The molecule has 2 aromatic carbocycles. The Bertz CT molecular complexity index is 1120. The monoisotopic (exact) mass is 530 g/mol. The molecular formula is C26H28ClFN4O3S. The Balaban J connectivity index is 1.41. The van der Waals surface area contributed by atoms with E-state index in [0.29, 0.717) is 63.1 Å². The predicted molar refractivity (Wildman–Crippen MR) is 137 cm³/mol. The fraction of sp³-hybridized carbons (Fsp3) is 0.346. The van der Waals surface area contributed by atoms with Crippen LogP contribution < -0.4 is 0 Å². The lowest BCUT2D eigenvalue weighted by molar-refractivity contribution is 0.0566. The molecule has 0 N–H and O–H groups in total. The van der Waals surface area contributed by atoms with Crippen LogP contribution in [-0.4, -0.2) is 64.5 Å². The normalized spacial score (nSPS) is 13.8. The summed E-state index contributed by atoms with van der Waals surface area (Å²) in [7, 11) is 0. The van der Waals surface area contributed by atoms with E-state index in [1.807, 2.05) is 24.3 Å². The second kappa shape index (κ2) is 12.3. The number of halogens is 2. The minimum Gasteiger partial charge on any atom is -0.450 e.